The van der Waals surface area contributed by atoms with Gasteiger partial charge in [0.25, 0.3) is 0 Å². The Hall–Kier alpha value is -1.14. The van der Waals surface area contributed by atoms with Crippen molar-refractivity contribution >= 4 is 40.6 Å². The summed E-state index contributed by atoms with van der Waals surface area (Å²) in [6, 6.07) is 7.25. The van der Waals surface area contributed by atoms with Crippen molar-refractivity contribution in [3.63, 3.8) is 0 Å². The largest absolute Gasteiger partial charge is 0.444 e. The second-order valence-electron chi connectivity index (χ2n) is 4.88. The fourth-order valence-electron chi connectivity index (χ4n) is 1.31. The standard InChI is InChI=1S/C13H17NO3S2/c1-13(2,3)17-11(15)14-10-6-4-5-9(7-10)8-19-12(16)18/h4-7H,8H2,1-3H3,(H,14,15)(H,16,18). The molecule has 19 heavy (non-hydrogen) atoms. The first-order valence-electron chi connectivity index (χ1n) is 5.71. The zero-order valence-corrected chi connectivity index (χ0v) is 12.8. The average Bonchev–Trinajstić information content (AvgIpc) is 2.24. The van der Waals surface area contributed by atoms with E-state index in [-0.39, 0.29) is 4.45 Å². The van der Waals surface area contributed by atoms with Crippen LogP contribution in [0, 0.1) is 0 Å². The molecule has 1 N–H and O–H groups in total. The zero-order valence-electron chi connectivity index (χ0n) is 11.1. The number of carbonyl (C=O) groups excluding carboxylic acids is 2. The predicted octanol–water partition coefficient (Wildman–Crippen LogP) is 4.32. The summed E-state index contributed by atoms with van der Waals surface area (Å²) in [6.45, 7) is 5.41. The van der Waals surface area contributed by atoms with E-state index in [1.807, 2.05) is 12.1 Å². The number of hydrogen-bond acceptors (Lipinski definition) is 4. The van der Waals surface area contributed by atoms with Gasteiger partial charge in [0.2, 0.25) is 4.45 Å². The minimum absolute atomic E-state index is 0.231. The molecule has 0 heterocycles. The van der Waals surface area contributed by atoms with Gasteiger partial charge in [-0.15, -0.1) is 0 Å². The molecular weight excluding hydrogens is 282 g/mol. The van der Waals surface area contributed by atoms with Crippen LogP contribution in [0.2, 0.25) is 0 Å². The van der Waals surface area contributed by atoms with Crippen molar-refractivity contribution in [1.29, 1.82) is 0 Å². The molecule has 0 radical (unpaired) electrons. The molecular formula is C13H17NO3S2. The van der Waals surface area contributed by atoms with Crippen molar-refractivity contribution in [2.24, 2.45) is 0 Å². The molecule has 1 amide bonds. The topological polar surface area (TPSA) is 55.4 Å². The van der Waals surface area contributed by atoms with E-state index in [1.54, 1.807) is 32.9 Å². The number of amides is 1. The summed E-state index contributed by atoms with van der Waals surface area (Å²) in [6.07, 6.45) is -0.498. The average molecular weight is 299 g/mol. The van der Waals surface area contributed by atoms with Gasteiger partial charge in [-0.1, -0.05) is 36.5 Å². The van der Waals surface area contributed by atoms with E-state index < -0.39 is 11.7 Å². The molecule has 6 heteroatoms. The van der Waals surface area contributed by atoms with Crippen molar-refractivity contribution in [2.45, 2.75) is 32.1 Å². The van der Waals surface area contributed by atoms with Gasteiger partial charge >= 0.3 is 6.09 Å². The number of hydrogen-bond donors (Lipinski definition) is 2. The van der Waals surface area contributed by atoms with Crippen molar-refractivity contribution in [3.8, 4) is 0 Å². The maximum atomic E-state index is 11.6. The number of nitrogens with one attached hydrogen (secondary N) is 1. The highest BCUT2D eigenvalue weighted by Gasteiger charge is 2.16. The summed E-state index contributed by atoms with van der Waals surface area (Å²) >= 11 is 4.79. The molecule has 0 bridgehead atoms. The van der Waals surface area contributed by atoms with Crippen LogP contribution >= 0.6 is 24.4 Å². The Morgan fingerprint density at radius 2 is 2.05 bits per heavy atom. The molecule has 0 aliphatic rings. The lowest BCUT2D eigenvalue weighted by Crippen LogP contribution is -2.27. The molecule has 1 rings (SSSR count). The number of thioether (sulfide) groups is 1. The maximum absolute atomic E-state index is 11.6. The maximum Gasteiger partial charge on any atom is 0.412 e. The lowest BCUT2D eigenvalue weighted by molar-refractivity contribution is 0.0636. The fourth-order valence-corrected chi connectivity index (χ4v) is 1.97. The van der Waals surface area contributed by atoms with E-state index in [0.717, 1.165) is 17.3 Å². The lowest BCUT2D eigenvalue weighted by atomic mass is 10.2. The molecule has 0 aliphatic heterocycles. The zero-order chi connectivity index (χ0) is 14.5. The summed E-state index contributed by atoms with van der Waals surface area (Å²) < 4.78 is 4.93. The number of carbonyl (C=O) groups is 2. The third-order valence-corrected chi connectivity index (χ3v) is 3.05. The van der Waals surface area contributed by atoms with Gasteiger partial charge in [0.15, 0.2) is 0 Å². The normalized spacial score (nSPS) is 10.9. The third kappa shape index (κ3) is 7.12. The monoisotopic (exact) mass is 299 g/mol. The highest BCUT2D eigenvalue weighted by molar-refractivity contribution is 8.31. The number of benzene rings is 1. The SMILES string of the molecule is CC(C)(C)OC(=O)Nc1cccc(CSC(=O)S)c1. The summed E-state index contributed by atoms with van der Waals surface area (Å²) in [4.78, 5) is 22.4. The number of anilines is 1. The Morgan fingerprint density at radius 3 is 2.63 bits per heavy atom. The Balaban J connectivity index is 2.61. The second kappa shape index (κ2) is 6.86. The van der Waals surface area contributed by atoms with Crippen LogP contribution in [0.3, 0.4) is 0 Å². The molecule has 0 spiro atoms. The van der Waals surface area contributed by atoms with Gasteiger partial charge in [0.1, 0.15) is 5.60 Å². The van der Waals surface area contributed by atoms with Gasteiger partial charge in [0, 0.05) is 11.4 Å². The van der Waals surface area contributed by atoms with Gasteiger partial charge in [-0.25, -0.2) is 4.79 Å². The van der Waals surface area contributed by atoms with Gasteiger partial charge in [-0.05, 0) is 38.5 Å². The van der Waals surface area contributed by atoms with Crippen molar-refractivity contribution in [1.82, 2.24) is 0 Å². The van der Waals surface area contributed by atoms with Gasteiger partial charge in [-0.3, -0.25) is 10.1 Å². The lowest BCUT2D eigenvalue weighted by Gasteiger charge is -2.19. The number of rotatable bonds is 3. The summed E-state index contributed by atoms with van der Waals surface area (Å²) in [5, 5.41) is 2.65. The Bertz CT molecular complexity index is 469. The molecule has 4 nitrogen and oxygen atoms in total. The highest BCUT2D eigenvalue weighted by atomic mass is 32.2. The Kier molecular flexibility index (Phi) is 5.75. The van der Waals surface area contributed by atoms with Crippen molar-refractivity contribution in [3.05, 3.63) is 29.8 Å². The van der Waals surface area contributed by atoms with Gasteiger partial charge in [-0.2, -0.15) is 0 Å². The summed E-state index contributed by atoms with van der Waals surface area (Å²) in [7, 11) is 0. The van der Waals surface area contributed by atoms with Crippen LogP contribution in [0.25, 0.3) is 0 Å². The van der Waals surface area contributed by atoms with E-state index in [1.165, 1.54) is 0 Å². The minimum Gasteiger partial charge on any atom is -0.444 e. The van der Waals surface area contributed by atoms with Crippen LogP contribution in [0.4, 0.5) is 15.3 Å². The first-order valence-corrected chi connectivity index (χ1v) is 7.14. The van der Waals surface area contributed by atoms with Gasteiger partial charge in [0.05, 0.1) is 0 Å². The predicted molar refractivity (Wildman–Crippen MR) is 82.0 cm³/mol. The van der Waals surface area contributed by atoms with E-state index in [9.17, 15) is 9.59 Å². The molecule has 0 aromatic heterocycles. The number of ether oxygens (including phenoxy) is 1. The molecule has 0 saturated heterocycles. The van der Waals surface area contributed by atoms with Crippen LogP contribution in [0.1, 0.15) is 26.3 Å². The Morgan fingerprint density at radius 1 is 1.37 bits per heavy atom. The molecule has 0 aliphatic carbocycles. The minimum atomic E-state index is -0.532. The van der Waals surface area contributed by atoms with E-state index in [4.69, 9.17) is 4.74 Å². The first-order chi connectivity index (χ1) is 8.76. The molecule has 1 aromatic carbocycles. The van der Waals surface area contributed by atoms with Crippen molar-refractivity contribution in [2.75, 3.05) is 5.32 Å². The summed E-state index contributed by atoms with van der Waals surface area (Å²) in [5.41, 5.74) is 1.04. The van der Waals surface area contributed by atoms with Crippen LogP contribution in [-0.4, -0.2) is 16.1 Å². The molecule has 0 saturated carbocycles. The molecule has 104 valence electrons. The number of thiol groups is 1. The Labute approximate surface area is 122 Å². The van der Waals surface area contributed by atoms with Crippen molar-refractivity contribution < 1.29 is 14.3 Å². The quantitative estimate of drug-likeness (QED) is 0.816. The molecule has 0 unspecified atom stereocenters. The smallest absolute Gasteiger partial charge is 0.412 e. The van der Waals surface area contributed by atoms with Crippen LogP contribution in [0.5, 0.6) is 0 Å². The molecule has 1 aromatic rings. The summed E-state index contributed by atoms with van der Waals surface area (Å²) in [5.74, 6) is 0.520. The molecule has 0 fully saturated rings. The van der Waals surface area contributed by atoms with E-state index in [0.29, 0.717) is 11.4 Å². The van der Waals surface area contributed by atoms with Gasteiger partial charge < -0.3 is 4.74 Å². The second-order valence-corrected chi connectivity index (χ2v) is 6.54. The van der Waals surface area contributed by atoms with Crippen LogP contribution in [-0.2, 0) is 10.5 Å². The third-order valence-electron chi connectivity index (χ3n) is 1.93. The first kappa shape index (κ1) is 15.9. The van der Waals surface area contributed by atoms with E-state index in [2.05, 4.69) is 17.9 Å². The fraction of sp³-hybridized carbons (Fsp3) is 0.385. The highest BCUT2D eigenvalue weighted by Crippen LogP contribution is 2.19. The van der Waals surface area contributed by atoms with E-state index >= 15 is 0 Å². The molecule has 0 atom stereocenters. The van der Waals surface area contributed by atoms with Crippen LogP contribution < -0.4 is 5.32 Å². The van der Waals surface area contributed by atoms with Crippen LogP contribution in [0.15, 0.2) is 24.3 Å².